The zero-order valence-corrected chi connectivity index (χ0v) is 12.6. The second-order valence-electron chi connectivity index (χ2n) is 5.46. The summed E-state index contributed by atoms with van der Waals surface area (Å²) in [6.45, 7) is 5.85. The SMILES string of the molecule is CC[C@@H]1CCC(=O)CN1C(=O)C(NC(=O)OC)C(C)C. The van der Waals surface area contributed by atoms with Gasteiger partial charge in [0.05, 0.1) is 13.7 Å². The first-order valence-electron chi connectivity index (χ1n) is 7.07. The van der Waals surface area contributed by atoms with Crippen molar-refractivity contribution in [1.82, 2.24) is 10.2 Å². The Labute approximate surface area is 119 Å². The van der Waals surface area contributed by atoms with Crippen molar-refractivity contribution in [2.24, 2.45) is 5.92 Å². The lowest BCUT2D eigenvalue weighted by molar-refractivity contribution is -0.143. The number of piperidine rings is 1. The number of nitrogens with one attached hydrogen (secondary N) is 1. The van der Waals surface area contributed by atoms with Crippen LogP contribution in [0.3, 0.4) is 0 Å². The molecule has 0 aliphatic carbocycles. The molecule has 1 saturated heterocycles. The molecule has 20 heavy (non-hydrogen) atoms. The molecule has 0 aromatic heterocycles. The van der Waals surface area contributed by atoms with Crippen LogP contribution in [0, 0.1) is 5.92 Å². The highest BCUT2D eigenvalue weighted by atomic mass is 16.5. The van der Waals surface area contributed by atoms with E-state index in [9.17, 15) is 14.4 Å². The molecule has 0 aromatic rings. The van der Waals surface area contributed by atoms with E-state index < -0.39 is 12.1 Å². The lowest BCUT2D eigenvalue weighted by atomic mass is 9.95. The van der Waals surface area contributed by atoms with E-state index in [0.29, 0.717) is 12.8 Å². The molecule has 1 fully saturated rings. The third-order valence-corrected chi connectivity index (χ3v) is 3.69. The van der Waals surface area contributed by atoms with E-state index in [0.717, 1.165) is 6.42 Å². The van der Waals surface area contributed by atoms with Gasteiger partial charge in [-0.2, -0.15) is 0 Å². The van der Waals surface area contributed by atoms with Gasteiger partial charge in [0.2, 0.25) is 5.91 Å². The van der Waals surface area contributed by atoms with Crippen molar-refractivity contribution in [3.05, 3.63) is 0 Å². The summed E-state index contributed by atoms with van der Waals surface area (Å²) in [4.78, 5) is 37.2. The monoisotopic (exact) mass is 284 g/mol. The Bertz CT molecular complexity index is 381. The van der Waals surface area contributed by atoms with E-state index >= 15 is 0 Å². The van der Waals surface area contributed by atoms with Crippen LogP contribution >= 0.6 is 0 Å². The first-order valence-corrected chi connectivity index (χ1v) is 7.07. The quantitative estimate of drug-likeness (QED) is 0.845. The lowest BCUT2D eigenvalue weighted by Gasteiger charge is -2.37. The second kappa shape index (κ2) is 7.26. The third-order valence-electron chi connectivity index (χ3n) is 3.69. The van der Waals surface area contributed by atoms with Gasteiger partial charge in [-0.1, -0.05) is 20.8 Å². The summed E-state index contributed by atoms with van der Waals surface area (Å²) in [6.07, 6.45) is 1.40. The van der Waals surface area contributed by atoms with Gasteiger partial charge in [-0.25, -0.2) is 4.79 Å². The average Bonchev–Trinajstić information content (AvgIpc) is 2.43. The van der Waals surface area contributed by atoms with Crippen LogP contribution in [0.1, 0.15) is 40.0 Å². The number of likely N-dealkylation sites (tertiary alicyclic amines) is 1. The Morgan fingerprint density at radius 2 is 2.10 bits per heavy atom. The van der Waals surface area contributed by atoms with Gasteiger partial charge in [0.15, 0.2) is 5.78 Å². The number of alkyl carbamates (subject to hydrolysis) is 1. The number of carbonyl (C=O) groups is 3. The molecule has 0 spiro atoms. The molecule has 6 nitrogen and oxygen atoms in total. The van der Waals surface area contributed by atoms with E-state index in [2.05, 4.69) is 10.1 Å². The van der Waals surface area contributed by atoms with Crippen molar-refractivity contribution in [2.45, 2.75) is 52.1 Å². The van der Waals surface area contributed by atoms with Gasteiger partial charge in [0.1, 0.15) is 6.04 Å². The van der Waals surface area contributed by atoms with Crippen LogP contribution in [0.25, 0.3) is 0 Å². The topological polar surface area (TPSA) is 75.7 Å². The van der Waals surface area contributed by atoms with E-state index in [1.165, 1.54) is 7.11 Å². The van der Waals surface area contributed by atoms with E-state index in [-0.39, 0.29) is 30.2 Å². The number of methoxy groups -OCH3 is 1. The summed E-state index contributed by atoms with van der Waals surface area (Å²) >= 11 is 0. The summed E-state index contributed by atoms with van der Waals surface area (Å²) < 4.78 is 4.55. The molecule has 1 N–H and O–H groups in total. The van der Waals surface area contributed by atoms with Crippen LogP contribution in [-0.2, 0) is 14.3 Å². The zero-order chi connectivity index (χ0) is 15.3. The van der Waals surface area contributed by atoms with Crippen LogP contribution in [0.5, 0.6) is 0 Å². The zero-order valence-electron chi connectivity index (χ0n) is 12.6. The fourth-order valence-corrected chi connectivity index (χ4v) is 2.44. The average molecular weight is 284 g/mol. The number of ether oxygens (including phenoxy) is 1. The molecule has 114 valence electrons. The third kappa shape index (κ3) is 3.95. The largest absolute Gasteiger partial charge is 0.453 e. The minimum Gasteiger partial charge on any atom is -0.453 e. The normalized spacial score (nSPS) is 20.8. The van der Waals surface area contributed by atoms with Gasteiger partial charge in [-0.15, -0.1) is 0 Å². The highest BCUT2D eigenvalue weighted by Crippen LogP contribution is 2.20. The molecule has 0 bridgehead atoms. The Balaban J connectivity index is 2.85. The molecular formula is C14H24N2O4. The van der Waals surface area contributed by atoms with Gasteiger partial charge >= 0.3 is 6.09 Å². The fourth-order valence-electron chi connectivity index (χ4n) is 2.44. The second-order valence-corrected chi connectivity index (χ2v) is 5.46. The summed E-state index contributed by atoms with van der Waals surface area (Å²) in [5.41, 5.74) is 0. The number of carbonyl (C=O) groups excluding carboxylic acids is 3. The van der Waals surface area contributed by atoms with E-state index in [1.54, 1.807) is 4.90 Å². The van der Waals surface area contributed by atoms with Gasteiger partial charge in [-0.05, 0) is 18.8 Å². The maximum absolute atomic E-state index is 12.6. The van der Waals surface area contributed by atoms with Gasteiger partial charge in [0, 0.05) is 12.5 Å². The van der Waals surface area contributed by atoms with Crippen molar-refractivity contribution in [2.75, 3.05) is 13.7 Å². The predicted molar refractivity (Wildman–Crippen MR) is 74.2 cm³/mol. The van der Waals surface area contributed by atoms with Crippen LogP contribution in [-0.4, -0.2) is 48.4 Å². The number of hydrogen-bond acceptors (Lipinski definition) is 4. The molecule has 1 rings (SSSR count). The van der Waals surface area contributed by atoms with Crippen LogP contribution < -0.4 is 5.32 Å². The number of amides is 2. The van der Waals surface area contributed by atoms with Crippen LogP contribution in [0.2, 0.25) is 0 Å². The van der Waals surface area contributed by atoms with Crippen molar-refractivity contribution in [3.63, 3.8) is 0 Å². The maximum atomic E-state index is 12.6. The smallest absolute Gasteiger partial charge is 0.407 e. The van der Waals surface area contributed by atoms with Crippen molar-refractivity contribution >= 4 is 17.8 Å². The van der Waals surface area contributed by atoms with Gasteiger partial charge in [-0.3, -0.25) is 9.59 Å². The van der Waals surface area contributed by atoms with Gasteiger partial charge < -0.3 is 15.0 Å². The van der Waals surface area contributed by atoms with Crippen LogP contribution in [0.4, 0.5) is 4.79 Å². The molecule has 1 aliphatic heterocycles. The number of nitrogens with zero attached hydrogens (tertiary/aromatic N) is 1. The highest BCUT2D eigenvalue weighted by Gasteiger charge is 2.35. The molecule has 2 amide bonds. The summed E-state index contributed by atoms with van der Waals surface area (Å²) in [5.74, 6) is -0.204. The number of rotatable bonds is 4. The predicted octanol–water partition coefficient (Wildman–Crippen LogP) is 1.34. The summed E-state index contributed by atoms with van der Waals surface area (Å²) in [7, 11) is 1.26. The molecule has 0 radical (unpaired) electrons. The number of ketones is 1. The van der Waals surface area contributed by atoms with Crippen molar-refractivity contribution < 1.29 is 19.1 Å². The fraction of sp³-hybridized carbons (Fsp3) is 0.786. The molecule has 2 atom stereocenters. The first-order chi connectivity index (χ1) is 9.40. The molecule has 1 aliphatic rings. The van der Waals surface area contributed by atoms with E-state index in [1.807, 2.05) is 20.8 Å². The number of Topliss-reactive ketones (excluding diaryl/α,β-unsaturated/α-hetero) is 1. The molecule has 1 heterocycles. The maximum Gasteiger partial charge on any atom is 0.407 e. The van der Waals surface area contributed by atoms with Gasteiger partial charge in [0.25, 0.3) is 0 Å². The lowest BCUT2D eigenvalue weighted by Crippen LogP contribution is -2.56. The van der Waals surface area contributed by atoms with E-state index in [4.69, 9.17) is 0 Å². The van der Waals surface area contributed by atoms with Crippen molar-refractivity contribution in [3.8, 4) is 0 Å². The van der Waals surface area contributed by atoms with Crippen LogP contribution in [0.15, 0.2) is 0 Å². The first kappa shape index (κ1) is 16.5. The number of hydrogen-bond donors (Lipinski definition) is 1. The summed E-state index contributed by atoms with van der Waals surface area (Å²) in [5, 5.41) is 2.56. The minimum absolute atomic E-state index is 0.0703. The summed E-state index contributed by atoms with van der Waals surface area (Å²) in [6, 6.07) is -0.594. The Kier molecular flexibility index (Phi) is 5.98. The molecule has 0 saturated carbocycles. The standard InChI is InChI=1S/C14H24N2O4/c1-5-10-6-7-11(17)8-16(10)13(18)12(9(2)3)15-14(19)20-4/h9-10,12H,5-8H2,1-4H3,(H,15,19)/t10-,12?/m1/s1. The Hall–Kier alpha value is -1.59. The Morgan fingerprint density at radius 1 is 1.45 bits per heavy atom. The minimum atomic E-state index is -0.664. The highest BCUT2D eigenvalue weighted by molar-refractivity contribution is 5.91. The molecular weight excluding hydrogens is 260 g/mol. The van der Waals surface area contributed by atoms with Crippen molar-refractivity contribution in [1.29, 1.82) is 0 Å². The Morgan fingerprint density at radius 3 is 2.60 bits per heavy atom. The molecule has 6 heteroatoms. The molecule has 0 aromatic carbocycles. The molecule has 1 unspecified atom stereocenters.